The Hall–Kier alpha value is -1.29. The fourth-order valence-electron chi connectivity index (χ4n) is 2.36. The Bertz CT molecular complexity index is 414. The molecule has 0 atom stereocenters. The quantitative estimate of drug-likeness (QED) is 0.637. The van der Waals surface area contributed by atoms with Gasteiger partial charge in [0.25, 0.3) is 0 Å². The first-order valence-corrected chi connectivity index (χ1v) is 7.61. The van der Waals surface area contributed by atoms with E-state index in [9.17, 15) is 0 Å². The molecule has 0 bridgehead atoms. The molecular weight excluding hydrogens is 254 g/mol. The molecule has 2 rings (SSSR count). The monoisotopic (exact) mass is 277 g/mol. The van der Waals surface area contributed by atoms with E-state index >= 15 is 0 Å². The number of nitrogens with zero attached hydrogens (tertiary/aromatic N) is 1. The van der Waals surface area contributed by atoms with E-state index in [0.29, 0.717) is 0 Å². The van der Waals surface area contributed by atoms with Gasteiger partial charge in [0.05, 0.1) is 11.4 Å². The number of nitrogens with one attached hydrogen (secondary N) is 2. The summed E-state index contributed by atoms with van der Waals surface area (Å²) in [5.74, 6) is 0. The molecule has 0 saturated carbocycles. The molecule has 1 heterocycles. The lowest BCUT2D eigenvalue weighted by Crippen LogP contribution is -2.30. The highest BCUT2D eigenvalue weighted by Crippen LogP contribution is 2.28. The molecule has 19 heavy (non-hydrogen) atoms. The van der Waals surface area contributed by atoms with Crippen molar-refractivity contribution in [2.75, 3.05) is 29.9 Å². The van der Waals surface area contributed by atoms with Gasteiger partial charge in [-0.3, -0.25) is 0 Å². The molecule has 0 unspecified atom stereocenters. The number of hydrogen-bond acceptors (Lipinski definition) is 2. The third-order valence-electron chi connectivity index (χ3n) is 3.41. The molecule has 104 valence electrons. The largest absolute Gasteiger partial charge is 0.370 e. The second-order valence-electron chi connectivity index (χ2n) is 4.95. The summed E-state index contributed by atoms with van der Waals surface area (Å²) in [6.45, 7) is 5.42. The van der Waals surface area contributed by atoms with Crippen LogP contribution in [0.15, 0.2) is 24.3 Å². The van der Waals surface area contributed by atoms with E-state index in [2.05, 4.69) is 46.7 Å². The smallest absolute Gasteiger partial charge is 0.170 e. The van der Waals surface area contributed by atoms with Crippen molar-refractivity contribution in [1.82, 2.24) is 5.32 Å². The van der Waals surface area contributed by atoms with Gasteiger partial charge in [-0.05, 0) is 43.6 Å². The van der Waals surface area contributed by atoms with Crippen LogP contribution >= 0.6 is 12.2 Å². The van der Waals surface area contributed by atoms with Gasteiger partial charge >= 0.3 is 0 Å². The van der Waals surface area contributed by atoms with E-state index in [0.717, 1.165) is 36.9 Å². The van der Waals surface area contributed by atoms with Crippen molar-refractivity contribution in [3.63, 3.8) is 0 Å². The average molecular weight is 277 g/mol. The van der Waals surface area contributed by atoms with Crippen molar-refractivity contribution in [3.8, 4) is 0 Å². The molecule has 0 aromatic heterocycles. The minimum absolute atomic E-state index is 0.722. The second kappa shape index (κ2) is 7.34. The van der Waals surface area contributed by atoms with E-state index < -0.39 is 0 Å². The van der Waals surface area contributed by atoms with Crippen LogP contribution in [-0.2, 0) is 0 Å². The first-order valence-electron chi connectivity index (χ1n) is 7.20. The van der Waals surface area contributed by atoms with Gasteiger partial charge in [0.2, 0.25) is 0 Å². The van der Waals surface area contributed by atoms with Crippen LogP contribution in [0.2, 0.25) is 0 Å². The van der Waals surface area contributed by atoms with Crippen LogP contribution in [0.3, 0.4) is 0 Å². The van der Waals surface area contributed by atoms with Gasteiger partial charge < -0.3 is 15.5 Å². The zero-order valence-corrected chi connectivity index (χ0v) is 12.4. The fourth-order valence-corrected chi connectivity index (χ4v) is 2.57. The summed E-state index contributed by atoms with van der Waals surface area (Å²) >= 11 is 5.34. The van der Waals surface area contributed by atoms with E-state index in [1.165, 1.54) is 24.9 Å². The zero-order valence-electron chi connectivity index (χ0n) is 11.6. The van der Waals surface area contributed by atoms with Crippen molar-refractivity contribution < 1.29 is 0 Å². The van der Waals surface area contributed by atoms with Crippen molar-refractivity contribution in [2.45, 2.75) is 32.6 Å². The van der Waals surface area contributed by atoms with E-state index in [1.807, 2.05) is 0 Å². The van der Waals surface area contributed by atoms with Crippen LogP contribution in [0.1, 0.15) is 32.6 Å². The Kier molecular flexibility index (Phi) is 5.45. The molecule has 1 fully saturated rings. The first kappa shape index (κ1) is 14.1. The summed E-state index contributed by atoms with van der Waals surface area (Å²) in [6, 6.07) is 8.41. The van der Waals surface area contributed by atoms with Crippen molar-refractivity contribution >= 4 is 28.7 Å². The van der Waals surface area contributed by atoms with Crippen LogP contribution in [0.4, 0.5) is 11.4 Å². The first-order chi connectivity index (χ1) is 9.31. The number of thiocarbonyl (C=S) groups is 1. The molecule has 0 aliphatic carbocycles. The van der Waals surface area contributed by atoms with Crippen LogP contribution in [-0.4, -0.2) is 24.7 Å². The van der Waals surface area contributed by atoms with Crippen LogP contribution in [0, 0.1) is 0 Å². The summed E-state index contributed by atoms with van der Waals surface area (Å²) in [5, 5.41) is 7.30. The molecule has 1 aliphatic heterocycles. The maximum atomic E-state index is 5.34. The van der Waals surface area contributed by atoms with Crippen LogP contribution < -0.4 is 15.5 Å². The minimum Gasteiger partial charge on any atom is -0.370 e. The summed E-state index contributed by atoms with van der Waals surface area (Å²) in [6.07, 6.45) is 4.90. The Morgan fingerprint density at radius 2 is 2.00 bits per heavy atom. The van der Waals surface area contributed by atoms with E-state index in [-0.39, 0.29) is 0 Å². The summed E-state index contributed by atoms with van der Waals surface area (Å²) < 4.78 is 0. The molecule has 0 radical (unpaired) electrons. The topological polar surface area (TPSA) is 27.3 Å². The molecule has 0 amide bonds. The maximum absolute atomic E-state index is 5.34. The molecule has 4 heteroatoms. The predicted octanol–water partition coefficient (Wildman–Crippen LogP) is 3.37. The molecule has 1 aromatic carbocycles. The van der Waals surface area contributed by atoms with Crippen LogP contribution in [0.25, 0.3) is 0 Å². The van der Waals surface area contributed by atoms with Crippen molar-refractivity contribution in [3.05, 3.63) is 24.3 Å². The normalized spacial score (nSPS) is 14.5. The highest BCUT2D eigenvalue weighted by atomic mass is 32.1. The lowest BCUT2D eigenvalue weighted by Gasteiger charge is -2.22. The van der Waals surface area contributed by atoms with Gasteiger partial charge in [-0.2, -0.15) is 0 Å². The number of unbranched alkanes of at least 4 members (excludes halogenated alkanes) is 1. The van der Waals surface area contributed by atoms with Gasteiger partial charge in [-0.1, -0.05) is 25.5 Å². The summed E-state index contributed by atoms with van der Waals surface area (Å²) in [7, 11) is 0. The lowest BCUT2D eigenvalue weighted by atomic mass is 10.2. The number of benzene rings is 1. The molecule has 1 saturated heterocycles. The third kappa shape index (κ3) is 4.10. The van der Waals surface area contributed by atoms with Gasteiger partial charge in [0, 0.05) is 19.6 Å². The predicted molar refractivity (Wildman–Crippen MR) is 87.0 cm³/mol. The molecule has 2 N–H and O–H groups in total. The average Bonchev–Trinajstić information content (AvgIpc) is 2.93. The second-order valence-corrected chi connectivity index (χ2v) is 5.35. The Labute approximate surface area is 121 Å². The summed E-state index contributed by atoms with van der Waals surface area (Å²) in [4.78, 5) is 2.43. The fraction of sp³-hybridized carbons (Fsp3) is 0.533. The Balaban J connectivity index is 1.97. The Morgan fingerprint density at radius 1 is 1.26 bits per heavy atom. The van der Waals surface area contributed by atoms with E-state index in [1.54, 1.807) is 0 Å². The SMILES string of the molecule is CCCCNC(=S)Nc1ccccc1N1CCCC1. The molecule has 1 aromatic rings. The molecule has 1 aliphatic rings. The number of para-hydroxylation sites is 2. The van der Waals surface area contributed by atoms with Crippen molar-refractivity contribution in [2.24, 2.45) is 0 Å². The van der Waals surface area contributed by atoms with Gasteiger partial charge in [-0.15, -0.1) is 0 Å². The maximum Gasteiger partial charge on any atom is 0.170 e. The number of hydrogen-bond donors (Lipinski definition) is 2. The summed E-state index contributed by atoms with van der Waals surface area (Å²) in [5.41, 5.74) is 2.37. The van der Waals surface area contributed by atoms with Crippen molar-refractivity contribution in [1.29, 1.82) is 0 Å². The van der Waals surface area contributed by atoms with Gasteiger partial charge in [-0.25, -0.2) is 0 Å². The minimum atomic E-state index is 0.722. The lowest BCUT2D eigenvalue weighted by molar-refractivity contribution is 0.758. The number of anilines is 2. The molecule has 3 nitrogen and oxygen atoms in total. The highest BCUT2D eigenvalue weighted by Gasteiger charge is 2.15. The highest BCUT2D eigenvalue weighted by molar-refractivity contribution is 7.80. The third-order valence-corrected chi connectivity index (χ3v) is 3.66. The molecular formula is C15H23N3S. The zero-order chi connectivity index (χ0) is 13.5. The van der Waals surface area contributed by atoms with Crippen LogP contribution in [0.5, 0.6) is 0 Å². The van der Waals surface area contributed by atoms with Gasteiger partial charge in [0.15, 0.2) is 5.11 Å². The Morgan fingerprint density at radius 3 is 2.74 bits per heavy atom. The van der Waals surface area contributed by atoms with E-state index in [4.69, 9.17) is 12.2 Å². The standard InChI is InChI=1S/C15H23N3S/c1-2-3-10-16-15(19)17-13-8-4-5-9-14(13)18-11-6-7-12-18/h4-5,8-9H,2-3,6-7,10-12H2,1H3,(H2,16,17,19). The van der Waals surface area contributed by atoms with Gasteiger partial charge in [0.1, 0.15) is 0 Å². The molecule has 0 spiro atoms. The number of rotatable bonds is 5.